The van der Waals surface area contributed by atoms with E-state index in [1.54, 1.807) is 12.1 Å². The van der Waals surface area contributed by atoms with Crippen LogP contribution in [0.1, 0.15) is 18.9 Å². The lowest BCUT2D eigenvalue weighted by atomic mass is 10.00. The summed E-state index contributed by atoms with van der Waals surface area (Å²) in [5, 5.41) is 9.91. The van der Waals surface area contributed by atoms with Crippen LogP contribution in [0, 0.1) is 0 Å². The number of phenols is 1. The largest absolute Gasteiger partial charge is 0.502 e. The minimum atomic E-state index is -0.0349. The van der Waals surface area contributed by atoms with Crippen LogP contribution in [-0.4, -0.2) is 49.6 Å². The van der Waals surface area contributed by atoms with Gasteiger partial charge in [0.05, 0.1) is 14.2 Å². The van der Waals surface area contributed by atoms with Crippen molar-refractivity contribution in [1.82, 2.24) is 4.90 Å². The second-order valence-electron chi connectivity index (χ2n) is 4.99. The third kappa shape index (κ3) is 3.36. The Balaban J connectivity index is 2.37. The summed E-state index contributed by atoms with van der Waals surface area (Å²) in [6.45, 7) is 4.47. The van der Waals surface area contributed by atoms with Crippen LogP contribution in [0.3, 0.4) is 0 Å². The third-order valence-electron chi connectivity index (χ3n) is 3.70. The molecule has 0 atom stereocenters. The lowest BCUT2D eigenvalue weighted by Gasteiger charge is -2.26. The number of nitrogens with zero attached hydrogens (tertiary/aromatic N) is 1. The van der Waals surface area contributed by atoms with Crippen molar-refractivity contribution < 1.29 is 19.4 Å². The molecule has 21 heavy (non-hydrogen) atoms. The highest BCUT2D eigenvalue weighted by molar-refractivity contribution is 6.00. The van der Waals surface area contributed by atoms with Crippen LogP contribution in [0.4, 0.5) is 0 Å². The Morgan fingerprint density at radius 2 is 1.90 bits per heavy atom. The Labute approximate surface area is 124 Å². The Bertz CT molecular complexity index is 540. The van der Waals surface area contributed by atoms with Gasteiger partial charge in [-0.05, 0) is 30.3 Å². The molecule has 0 aromatic heterocycles. The molecule has 1 aromatic rings. The molecule has 1 saturated heterocycles. The fourth-order valence-corrected chi connectivity index (χ4v) is 2.42. The number of Topliss-reactive ketones (excluding diaryl/α,β-unsaturated/α-hetero) is 1. The van der Waals surface area contributed by atoms with E-state index < -0.39 is 0 Å². The zero-order valence-electron chi connectivity index (χ0n) is 12.7. The third-order valence-corrected chi connectivity index (χ3v) is 3.70. The summed E-state index contributed by atoms with van der Waals surface area (Å²) in [7, 11) is 2.96. The fraction of sp³-hybridized carbons (Fsp3) is 0.438. The fourth-order valence-electron chi connectivity index (χ4n) is 2.42. The quantitative estimate of drug-likeness (QED) is 0.861. The molecule has 1 fully saturated rings. The molecule has 0 unspecified atom stereocenters. The van der Waals surface area contributed by atoms with Gasteiger partial charge in [0.25, 0.3) is 0 Å². The smallest absolute Gasteiger partial charge is 0.200 e. The molecule has 1 aliphatic heterocycles. The first-order valence-electron chi connectivity index (χ1n) is 7.00. The summed E-state index contributed by atoms with van der Waals surface area (Å²) < 4.78 is 10.3. The van der Waals surface area contributed by atoms with Gasteiger partial charge in [-0.25, -0.2) is 0 Å². The molecule has 1 aromatic carbocycles. The maximum Gasteiger partial charge on any atom is 0.200 e. The molecule has 0 amide bonds. The van der Waals surface area contributed by atoms with Crippen LogP contribution in [0.25, 0.3) is 6.08 Å². The Kier molecular flexibility index (Phi) is 4.85. The predicted molar refractivity (Wildman–Crippen MR) is 80.9 cm³/mol. The van der Waals surface area contributed by atoms with E-state index in [9.17, 15) is 9.90 Å². The summed E-state index contributed by atoms with van der Waals surface area (Å²) in [5.41, 5.74) is 1.56. The number of likely N-dealkylation sites (tertiary alicyclic amines) is 1. The minimum absolute atomic E-state index is 0.0349. The minimum Gasteiger partial charge on any atom is -0.502 e. The number of hydrogen-bond acceptors (Lipinski definition) is 5. The molecule has 2 rings (SSSR count). The molecule has 0 saturated carbocycles. The second kappa shape index (κ2) is 6.63. The first-order valence-corrected chi connectivity index (χ1v) is 7.00. The molecule has 5 heteroatoms. The maximum atomic E-state index is 12.0. The van der Waals surface area contributed by atoms with E-state index >= 15 is 0 Å². The van der Waals surface area contributed by atoms with Crippen molar-refractivity contribution in [3.8, 4) is 17.2 Å². The zero-order chi connectivity index (χ0) is 15.4. The number of ketones is 1. The van der Waals surface area contributed by atoms with E-state index in [1.165, 1.54) is 14.2 Å². The number of benzene rings is 1. The van der Waals surface area contributed by atoms with Gasteiger partial charge in [-0.1, -0.05) is 6.92 Å². The summed E-state index contributed by atoms with van der Waals surface area (Å²) in [6, 6.07) is 3.39. The number of carbonyl (C=O) groups excluding carboxylic acids is 1. The number of methoxy groups -OCH3 is 2. The summed E-state index contributed by atoms with van der Waals surface area (Å²) >= 11 is 0. The Morgan fingerprint density at radius 1 is 1.29 bits per heavy atom. The Hall–Kier alpha value is -2.01. The normalized spacial score (nSPS) is 18.0. The first-order chi connectivity index (χ1) is 10.1. The number of hydrogen-bond donors (Lipinski definition) is 1. The van der Waals surface area contributed by atoms with Crippen LogP contribution < -0.4 is 9.47 Å². The Morgan fingerprint density at radius 3 is 2.43 bits per heavy atom. The number of rotatable bonds is 4. The van der Waals surface area contributed by atoms with Gasteiger partial charge in [-0.2, -0.15) is 0 Å². The molecular formula is C16H21NO4. The molecular weight excluding hydrogens is 270 g/mol. The molecule has 0 aliphatic carbocycles. The van der Waals surface area contributed by atoms with E-state index in [2.05, 4.69) is 11.8 Å². The summed E-state index contributed by atoms with van der Waals surface area (Å²) in [4.78, 5) is 14.3. The number of ether oxygens (including phenoxy) is 2. The van der Waals surface area contributed by atoms with Crippen molar-refractivity contribution in [3.63, 3.8) is 0 Å². The van der Waals surface area contributed by atoms with Gasteiger partial charge in [0.2, 0.25) is 5.75 Å². The van der Waals surface area contributed by atoms with Gasteiger partial charge in [-0.15, -0.1) is 0 Å². The van der Waals surface area contributed by atoms with Gasteiger partial charge in [-0.3, -0.25) is 9.69 Å². The molecule has 114 valence electrons. The van der Waals surface area contributed by atoms with Gasteiger partial charge in [0.1, 0.15) is 0 Å². The van der Waals surface area contributed by atoms with Crippen molar-refractivity contribution in [2.24, 2.45) is 0 Å². The monoisotopic (exact) mass is 291 g/mol. The first kappa shape index (κ1) is 15.4. The van der Waals surface area contributed by atoms with Crippen molar-refractivity contribution >= 4 is 11.9 Å². The van der Waals surface area contributed by atoms with Crippen LogP contribution in [0.5, 0.6) is 17.2 Å². The van der Waals surface area contributed by atoms with Gasteiger partial charge >= 0.3 is 0 Å². The van der Waals surface area contributed by atoms with Crippen molar-refractivity contribution in [2.75, 3.05) is 33.9 Å². The highest BCUT2D eigenvalue weighted by Gasteiger charge is 2.20. The standard InChI is InChI=1S/C16H21NO4/c1-4-17-6-5-13(18)12(10-17)7-11-8-14(20-2)16(19)15(9-11)21-3/h7-9,19H,4-6,10H2,1-3H3/b12-7+. The van der Waals surface area contributed by atoms with E-state index in [-0.39, 0.29) is 11.5 Å². The number of carbonyl (C=O) groups is 1. The van der Waals surface area contributed by atoms with Crippen LogP contribution in [0.15, 0.2) is 17.7 Å². The van der Waals surface area contributed by atoms with Crippen molar-refractivity contribution in [1.29, 1.82) is 0 Å². The maximum absolute atomic E-state index is 12.0. The molecule has 1 N–H and O–H groups in total. The second-order valence-corrected chi connectivity index (χ2v) is 4.99. The number of piperidine rings is 1. The van der Waals surface area contributed by atoms with Gasteiger partial charge in [0.15, 0.2) is 17.3 Å². The molecule has 1 aliphatic rings. The molecule has 0 bridgehead atoms. The summed E-state index contributed by atoms with van der Waals surface area (Å²) in [5.74, 6) is 0.798. The predicted octanol–water partition coefficient (Wildman–Crippen LogP) is 2.09. The molecule has 5 nitrogen and oxygen atoms in total. The van der Waals surface area contributed by atoms with E-state index in [0.29, 0.717) is 24.5 Å². The lowest BCUT2D eigenvalue weighted by Crippen LogP contribution is -2.35. The number of phenolic OH excluding ortho intramolecular Hbond substituents is 1. The van der Waals surface area contributed by atoms with E-state index in [0.717, 1.165) is 24.2 Å². The SMILES string of the molecule is CCN1CCC(=O)/C(=C/c2cc(OC)c(O)c(OC)c2)C1. The van der Waals surface area contributed by atoms with Crippen molar-refractivity contribution in [3.05, 3.63) is 23.3 Å². The lowest BCUT2D eigenvalue weighted by molar-refractivity contribution is -0.117. The average molecular weight is 291 g/mol. The van der Waals surface area contributed by atoms with E-state index in [1.807, 2.05) is 6.08 Å². The summed E-state index contributed by atoms with van der Waals surface area (Å²) in [6.07, 6.45) is 2.39. The van der Waals surface area contributed by atoms with E-state index in [4.69, 9.17) is 9.47 Å². The van der Waals surface area contributed by atoms with Crippen LogP contribution in [0.2, 0.25) is 0 Å². The molecule has 1 heterocycles. The zero-order valence-corrected chi connectivity index (χ0v) is 12.7. The van der Waals surface area contributed by atoms with Crippen LogP contribution in [-0.2, 0) is 4.79 Å². The topological polar surface area (TPSA) is 59.0 Å². The highest BCUT2D eigenvalue weighted by atomic mass is 16.5. The molecule has 0 radical (unpaired) electrons. The van der Waals surface area contributed by atoms with Crippen LogP contribution >= 0.6 is 0 Å². The number of aromatic hydroxyl groups is 1. The number of likely N-dealkylation sites (N-methyl/N-ethyl adjacent to an activating group) is 1. The average Bonchev–Trinajstić information content (AvgIpc) is 2.50. The van der Waals surface area contributed by atoms with Gasteiger partial charge < -0.3 is 14.6 Å². The molecule has 0 spiro atoms. The highest BCUT2D eigenvalue weighted by Crippen LogP contribution is 2.37. The van der Waals surface area contributed by atoms with Crippen molar-refractivity contribution in [2.45, 2.75) is 13.3 Å². The van der Waals surface area contributed by atoms with Gasteiger partial charge in [0, 0.05) is 25.1 Å².